The van der Waals surface area contributed by atoms with E-state index in [0.717, 1.165) is 12.7 Å². The number of hydrogen-bond acceptors (Lipinski definition) is 4. The van der Waals surface area contributed by atoms with Gasteiger partial charge in [-0.15, -0.1) is 0 Å². The molecule has 0 aliphatic heterocycles. The summed E-state index contributed by atoms with van der Waals surface area (Å²) in [5.41, 5.74) is 5.21. The molecule has 0 rings (SSSR count). The SMILES string of the molecule is CC.CC=O.CCCC(=O)CCC(N)C(=O)O. The first kappa shape index (κ1) is 21.1. The highest BCUT2D eigenvalue weighted by atomic mass is 16.4. The number of ketones is 1. The number of rotatable bonds is 6. The average Bonchev–Trinajstić information content (AvgIpc) is 2.30. The van der Waals surface area contributed by atoms with E-state index in [1.54, 1.807) is 0 Å². The molecule has 0 fully saturated rings. The number of nitrogens with two attached hydrogens (primary N) is 1. The van der Waals surface area contributed by atoms with Crippen LogP contribution in [0.4, 0.5) is 0 Å². The van der Waals surface area contributed by atoms with Crippen molar-refractivity contribution in [2.24, 2.45) is 5.73 Å². The first-order valence-electron chi connectivity index (χ1n) is 5.89. The topological polar surface area (TPSA) is 97.5 Å². The lowest BCUT2D eigenvalue weighted by atomic mass is 10.1. The molecular formula is C12H25NO4. The molecule has 1 unspecified atom stereocenters. The molecule has 0 radical (unpaired) electrons. The molecule has 0 aliphatic rings. The first-order chi connectivity index (χ1) is 7.99. The number of aldehydes is 1. The molecule has 0 saturated carbocycles. The quantitative estimate of drug-likeness (QED) is 0.697. The summed E-state index contributed by atoms with van der Waals surface area (Å²) in [7, 11) is 0. The summed E-state index contributed by atoms with van der Waals surface area (Å²) < 4.78 is 0. The van der Waals surface area contributed by atoms with Crippen molar-refractivity contribution in [1.29, 1.82) is 0 Å². The van der Waals surface area contributed by atoms with Crippen molar-refractivity contribution in [2.75, 3.05) is 0 Å². The normalized spacial score (nSPS) is 9.94. The summed E-state index contributed by atoms with van der Waals surface area (Å²) in [6.07, 6.45) is 2.60. The molecule has 0 aromatic rings. The molecule has 0 bridgehead atoms. The van der Waals surface area contributed by atoms with Gasteiger partial charge in [0, 0.05) is 12.8 Å². The van der Waals surface area contributed by atoms with E-state index < -0.39 is 12.0 Å². The number of carbonyl (C=O) groups excluding carboxylic acids is 2. The number of carboxylic acid groups (broad SMARTS) is 1. The van der Waals surface area contributed by atoms with Crippen LogP contribution in [0.2, 0.25) is 0 Å². The van der Waals surface area contributed by atoms with E-state index in [1.165, 1.54) is 6.92 Å². The number of Topliss-reactive ketones (excluding diaryl/α,β-unsaturated/α-hetero) is 1. The van der Waals surface area contributed by atoms with Crippen LogP contribution in [0.25, 0.3) is 0 Å². The molecule has 0 spiro atoms. The Morgan fingerprint density at radius 3 is 2.00 bits per heavy atom. The molecule has 0 aromatic carbocycles. The van der Waals surface area contributed by atoms with E-state index in [1.807, 2.05) is 20.8 Å². The summed E-state index contributed by atoms with van der Waals surface area (Å²) >= 11 is 0. The van der Waals surface area contributed by atoms with Crippen LogP contribution in [0.15, 0.2) is 0 Å². The molecular weight excluding hydrogens is 222 g/mol. The third kappa shape index (κ3) is 20.8. The highest BCUT2D eigenvalue weighted by Gasteiger charge is 2.12. The molecule has 0 saturated heterocycles. The fourth-order valence-corrected chi connectivity index (χ4v) is 0.844. The predicted octanol–water partition coefficient (Wildman–Crippen LogP) is 1.78. The van der Waals surface area contributed by atoms with Crippen molar-refractivity contribution >= 4 is 18.0 Å². The fraction of sp³-hybridized carbons (Fsp3) is 0.750. The number of aliphatic carboxylic acids is 1. The van der Waals surface area contributed by atoms with E-state index in [2.05, 4.69) is 0 Å². The van der Waals surface area contributed by atoms with Gasteiger partial charge in [-0.3, -0.25) is 9.59 Å². The summed E-state index contributed by atoms with van der Waals surface area (Å²) in [6, 6.07) is -0.897. The van der Waals surface area contributed by atoms with E-state index >= 15 is 0 Å². The summed E-state index contributed by atoms with van der Waals surface area (Å²) in [5, 5.41) is 8.39. The lowest BCUT2D eigenvalue weighted by molar-refractivity contribution is -0.138. The smallest absolute Gasteiger partial charge is 0.320 e. The minimum atomic E-state index is -1.04. The molecule has 5 nitrogen and oxygen atoms in total. The molecule has 0 aromatic heterocycles. The maximum atomic E-state index is 10.9. The van der Waals surface area contributed by atoms with Gasteiger partial charge in [0.25, 0.3) is 0 Å². The van der Waals surface area contributed by atoms with Gasteiger partial charge in [0.1, 0.15) is 18.1 Å². The summed E-state index contributed by atoms with van der Waals surface area (Å²) in [5.74, 6) is -0.950. The molecule has 1 atom stereocenters. The van der Waals surface area contributed by atoms with Gasteiger partial charge in [-0.25, -0.2) is 0 Å². The van der Waals surface area contributed by atoms with Crippen LogP contribution in [-0.2, 0) is 14.4 Å². The van der Waals surface area contributed by atoms with Gasteiger partial charge in [-0.05, 0) is 19.8 Å². The Morgan fingerprint density at radius 1 is 1.29 bits per heavy atom. The number of carbonyl (C=O) groups is 3. The minimum Gasteiger partial charge on any atom is -0.480 e. The van der Waals surface area contributed by atoms with E-state index in [0.29, 0.717) is 6.42 Å². The zero-order chi connectivity index (χ0) is 14.3. The maximum Gasteiger partial charge on any atom is 0.320 e. The van der Waals surface area contributed by atoms with Gasteiger partial charge in [-0.1, -0.05) is 20.8 Å². The van der Waals surface area contributed by atoms with Crippen molar-refractivity contribution < 1.29 is 19.5 Å². The zero-order valence-electron chi connectivity index (χ0n) is 11.2. The van der Waals surface area contributed by atoms with Gasteiger partial charge in [0.05, 0.1) is 0 Å². The Kier molecular flexibility index (Phi) is 21.3. The molecule has 3 N–H and O–H groups in total. The third-order valence-electron chi connectivity index (χ3n) is 1.58. The zero-order valence-corrected chi connectivity index (χ0v) is 11.2. The second-order valence-corrected chi connectivity index (χ2v) is 3.01. The minimum absolute atomic E-state index is 0.0919. The average molecular weight is 247 g/mol. The van der Waals surface area contributed by atoms with Gasteiger partial charge in [0.15, 0.2) is 0 Å². The monoisotopic (exact) mass is 247 g/mol. The van der Waals surface area contributed by atoms with Gasteiger partial charge in [-0.2, -0.15) is 0 Å². The molecule has 102 valence electrons. The Balaban J connectivity index is -0.000000337. The number of carboxylic acids is 1. The predicted molar refractivity (Wildman–Crippen MR) is 67.8 cm³/mol. The Bertz CT molecular complexity index is 205. The Hall–Kier alpha value is -1.23. The van der Waals surface area contributed by atoms with Crippen molar-refractivity contribution in [2.45, 2.75) is 59.4 Å². The van der Waals surface area contributed by atoms with Gasteiger partial charge >= 0.3 is 5.97 Å². The van der Waals surface area contributed by atoms with Crippen molar-refractivity contribution in [3.05, 3.63) is 0 Å². The summed E-state index contributed by atoms with van der Waals surface area (Å²) in [4.78, 5) is 30.0. The van der Waals surface area contributed by atoms with Crippen LogP contribution in [0.1, 0.15) is 53.4 Å². The summed E-state index contributed by atoms with van der Waals surface area (Å²) in [6.45, 7) is 7.36. The lowest BCUT2D eigenvalue weighted by Crippen LogP contribution is -2.30. The molecule has 0 aliphatic carbocycles. The van der Waals surface area contributed by atoms with E-state index in [-0.39, 0.29) is 18.6 Å². The largest absolute Gasteiger partial charge is 0.480 e. The molecule has 0 heterocycles. The van der Waals surface area contributed by atoms with Gasteiger partial charge < -0.3 is 15.6 Å². The van der Waals surface area contributed by atoms with Gasteiger partial charge in [0.2, 0.25) is 0 Å². The third-order valence-corrected chi connectivity index (χ3v) is 1.58. The molecule has 5 heteroatoms. The van der Waals surface area contributed by atoms with Crippen LogP contribution in [0.5, 0.6) is 0 Å². The van der Waals surface area contributed by atoms with Crippen LogP contribution in [-0.4, -0.2) is 29.2 Å². The maximum absolute atomic E-state index is 10.9. The van der Waals surface area contributed by atoms with Crippen molar-refractivity contribution in [1.82, 2.24) is 0 Å². The second kappa shape index (κ2) is 17.2. The Morgan fingerprint density at radius 2 is 1.71 bits per heavy atom. The Labute approximate surface area is 103 Å². The van der Waals surface area contributed by atoms with Crippen molar-refractivity contribution in [3.63, 3.8) is 0 Å². The molecule has 17 heavy (non-hydrogen) atoms. The van der Waals surface area contributed by atoms with Crippen LogP contribution in [0.3, 0.4) is 0 Å². The second-order valence-electron chi connectivity index (χ2n) is 3.01. The van der Waals surface area contributed by atoms with E-state index in [9.17, 15) is 9.59 Å². The van der Waals surface area contributed by atoms with E-state index in [4.69, 9.17) is 15.6 Å². The number of hydrogen-bond donors (Lipinski definition) is 2. The highest BCUT2D eigenvalue weighted by molar-refractivity contribution is 5.79. The fourth-order valence-electron chi connectivity index (χ4n) is 0.844. The van der Waals surface area contributed by atoms with Crippen molar-refractivity contribution in [3.8, 4) is 0 Å². The van der Waals surface area contributed by atoms with Crippen LogP contribution >= 0.6 is 0 Å². The van der Waals surface area contributed by atoms with Crippen LogP contribution < -0.4 is 5.73 Å². The standard InChI is InChI=1S/C8H15NO3.C2H4O.C2H6/c1-2-3-6(10)4-5-7(9)8(11)12;1-2-3;1-2/h7H,2-5,9H2,1H3,(H,11,12);2H,1H3;1-2H3. The molecule has 0 amide bonds. The highest BCUT2D eigenvalue weighted by Crippen LogP contribution is 2.00. The lowest BCUT2D eigenvalue weighted by Gasteiger charge is -2.03. The first-order valence-corrected chi connectivity index (χ1v) is 5.89. The van der Waals surface area contributed by atoms with Crippen LogP contribution in [0, 0.1) is 0 Å².